The number of para-hydroxylation sites is 2. The molecule has 1 atom stereocenters. The van der Waals surface area contributed by atoms with E-state index in [4.69, 9.17) is 9.47 Å². The zero-order valence-corrected chi connectivity index (χ0v) is 11.5. The van der Waals surface area contributed by atoms with E-state index >= 15 is 0 Å². The first-order valence-corrected chi connectivity index (χ1v) is 6.96. The van der Waals surface area contributed by atoms with Gasteiger partial charge in [0, 0.05) is 12.0 Å². The summed E-state index contributed by atoms with van der Waals surface area (Å²) in [6.07, 6.45) is 1.87. The third kappa shape index (κ3) is 3.61. The average Bonchev–Trinajstić information content (AvgIpc) is 2.90. The van der Waals surface area contributed by atoms with Crippen molar-refractivity contribution >= 4 is 0 Å². The van der Waals surface area contributed by atoms with Gasteiger partial charge in [0.2, 0.25) is 0 Å². The van der Waals surface area contributed by atoms with Crippen molar-refractivity contribution in [2.45, 2.75) is 19.8 Å². The summed E-state index contributed by atoms with van der Waals surface area (Å²) in [6.45, 7) is 5.27. The molecule has 1 aliphatic heterocycles. The van der Waals surface area contributed by atoms with Gasteiger partial charge in [0.05, 0.1) is 19.8 Å². The maximum Gasteiger partial charge on any atom is 0.161 e. The monoisotopic (exact) mass is 265 g/mol. The number of aliphatic hydroxyl groups is 1. The smallest absolute Gasteiger partial charge is 0.161 e. The summed E-state index contributed by atoms with van der Waals surface area (Å²) in [7, 11) is 0. The molecule has 2 N–H and O–H groups in total. The molecule has 0 bridgehead atoms. The molecule has 0 spiro atoms. The Labute approximate surface area is 114 Å². The number of nitrogens with one attached hydrogen (secondary N) is 1. The van der Waals surface area contributed by atoms with Gasteiger partial charge in [-0.25, -0.2) is 0 Å². The van der Waals surface area contributed by atoms with E-state index in [0.29, 0.717) is 13.2 Å². The fraction of sp³-hybridized carbons (Fsp3) is 0.600. The first-order valence-electron chi connectivity index (χ1n) is 6.96. The maximum atomic E-state index is 9.53. The normalized spacial score (nSPS) is 22.4. The van der Waals surface area contributed by atoms with Crippen molar-refractivity contribution in [3.05, 3.63) is 24.3 Å². The lowest BCUT2D eigenvalue weighted by atomic mass is 9.85. The third-order valence-electron chi connectivity index (χ3n) is 3.71. The van der Waals surface area contributed by atoms with Gasteiger partial charge in [-0.2, -0.15) is 0 Å². The fourth-order valence-corrected chi connectivity index (χ4v) is 2.44. The van der Waals surface area contributed by atoms with Crippen molar-refractivity contribution in [2.24, 2.45) is 5.41 Å². The summed E-state index contributed by atoms with van der Waals surface area (Å²) in [5.41, 5.74) is -0.0133. The number of hydrogen-bond donors (Lipinski definition) is 2. The first-order chi connectivity index (χ1) is 9.29. The van der Waals surface area contributed by atoms with Crippen molar-refractivity contribution in [1.82, 2.24) is 5.32 Å². The van der Waals surface area contributed by atoms with Crippen LogP contribution in [0.1, 0.15) is 19.8 Å². The van der Waals surface area contributed by atoms with E-state index in [1.807, 2.05) is 31.2 Å². The minimum absolute atomic E-state index is 0.0133. The summed E-state index contributed by atoms with van der Waals surface area (Å²) >= 11 is 0. The van der Waals surface area contributed by atoms with Gasteiger partial charge in [-0.15, -0.1) is 0 Å². The van der Waals surface area contributed by atoms with Crippen LogP contribution in [0.4, 0.5) is 0 Å². The van der Waals surface area contributed by atoms with Crippen LogP contribution >= 0.6 is 0 Å². The van der Waals surface area contributed by atoms with Crippen molar-refractivity contribution < 1.29 is 14.6 Å². The molecule has 0 aliphatic carbocycles. The van der Waals surface area contributed by atoms with E-state index in [-0.39, 0.29) is 12.0 Å². The van der Waals surface area contributed by atoms with Crippen LogP contribution in [0.25, 0.3) is 0 Å². The van der Waals surface area contributed by atoms with E-state index in [1.54, 1.807) is 0 Å². The van der Waals surface area contributed by atoms with Crippen LogP contribution in [-0.4, -0.2) is 38.0 Å². The second kappa shape index (κ2) is 6.78. The molecule has 2 rings (SSSR count). The van der Waals surface area contributed by atoms with Crippen LogP contribution in [0.2, 0.25) is 0 Å². The fourth-order valence-electron chi connectivity index (χ4n) is 2.44. The lowest BCUT2D eigenvalue weighted by Gasteiger charge is -2.25. The molecule has 4 nitrogen and oxygen atoms in total. The molecule has 4 heteroatoms. The Bertz CT molecular complexity index is 389. The summed E-state index contributed by atoms with van der Waals surface area (Å²) in [5, 5.41) is 12.8. The Morgan fingerprint density at radius 1 is 1.26 bits per heavy atom. The molecular formula is C15H23NO3. The molecule has 1 aromatic carbocycles. The Morgan fingerprint density at radius 2 is 2.00 bits per heavy atom. The predicted molar refractivity (Wildman–Crippen MR) is 74.7 cm³/mol. The predicted octanol–water partition coefficient (Wildman–Crippen LogP) is 1.83. The highest BCUT2D eigenvalue weighted by molar-refractivity contribution is 5.39. The molecule has 1 aliphatic rings. The molecule has 1 unspecified atom stereocenters. The molecule has 106 valence electrons. The second-order valence-corrected chi connectivity index (χ2v) is 5.06. The number of hydrogen-bond acceptors (Lipinski definition) is 4. The molecule has 1 saturated heterocycles. The van der Waals surface area contributed by atoms with Crippen LogP contribution < -0.4 is 14.8 Å². The summed E-state index contributed by atoms with van der Waals surface area (Å²) in [5.74, 6) is 1.57. The van der Waals surface area contributed by atoms with Crippen LogP contribution in [0, 0.1) is 5.41 Å². The molecule has 0 amide bonds. The lowest BCUT2D eigenvalue weighted by Crippen LogP contribution is -2.30. The molecule has 0 aromatic heterocycles. The van der Waals surface area contributed by atoms with E-state index in [1.165, 1.54) is 0 Å². The Hall–Kier alpha value is -1.26. The van der Waals surface area contributed by atoms with E-state index in [2.05, 4.69) is 5.32 Å². The highest BCUT2D eigenvalue weighted by Crippen LogP contribution is 2.31. The minimum atomic E-state index is -0.0133. The molecule has 19 heavy (non-hydrogen) atoms. The largest absolute Gasteiger partial charge is 0.490 e. The summed E-state index contributed by atoms with van der Waals surface area (Å²) in [6, 6.07) is 7.71. The van der Waals surface area contributed by atoms with Gasteiger partial charge in [0.25, 0.3) is 0 Å². The molecule has 1 aromatic rings. The number of aliphatic hydroxyl groups excluding tert-OH is 1. The molecule has 1 fully saturated rings. The summed E-state index contributed by atoms with van der Waals surface area (Å²) in [4.78, 5) is 0. The van der Waals surface area contributed by atoms with E-state index in [9.17, 15) is 5.11 Å². The number of ether oxygens (including phenoxy) is 2. The molecule has 0 radical (unpaired) electrons. The van der Waals surface area contributed by atoms with Crippen molar-refractivity contribution in [3.8, 4) is 11.5 Å². The van der Waals surface area contributed by atoms with Gasteiger partial charge in [0.15, 0.2) is 11.5 Å². The quantitative estimate of drug-likeness (QED) is 0.789. The van der Waals surface area contributed by atoms with Crippen LogP contribution in [0.15, 0.2) is 24.3 Å². The Kier molecular flexibility index (Phi) is 5.05. The van der Waals surface area contributed by atoms with Crippen LogP contribution in [0.3, 0.4) is 0 Å². The van der Waals surface area contributed by atoms with E-state index < -0.39 is 0 Å². The minimum Gasteiger partial charge on any atom is -0.490 e. The van der Waals surface area contributed by atoms with Crippen molar-refractivity contribution in [1.29, 1.82) is 0 Å². The zero-order valence-electron chi connectivity index (χ0n) is 11.5. The van der Waals surface area contributed by atoms with Crippen LogP contribution in [-0.2, 0) is 0 Å². The SMILES string of the molecule is CCOc1ccccc1OCCC1(CO)CCNC1. The van der Waals surface area contributed by atoms with Gasteiger partial charge >= 0.3 is 0 Å². The van der Waals surface area contributed by atoms with Crippen molar-refractivity contribution in [2.75, 3.05) is 32.9 Å². The lowest BCUT2D eigenvalue weighted by molar-refractivity contribution is 0.111. The van der Waals surface area contributed by atoms with Crippen LogP contribution in [0.5, 0.6) is 11.5 Å². The second-order valence-electron chi connectivity index (χ2n) is 5.06. The highest BCUT2D eigenvalue weighted by atomic mass is 16.5. The first kappa shape index (κ1) is 14.2. The topological polar surface area (TPSA) is 50.7 Å². The zero-order chi connectivity index (χ0) is 13.6. The van der Waals surface area contributed by atoms with Crippen molar-refractivity contribution in [3.63, 3.8) is 0 Å². The number of benzene rings is 1. The van der Waals surface area contributed by atoms with Gasteiger partial charge in [0.1, 0.15) is 0 Å². The van der Waals surface area contributed by atoms with Gasteiger partial charge in [-0.1, -0.05) is 12.1 Å². The average molecular weight is 265 g/mol. The van der Waals surface area contributed by atoms with Gasteiger partial charge < -0.3 is 19.9 Å². The molecule has 0 saturated carbocycles. The van der Waals surface area contributed by atoms with Gasteiger partial charge in [-0.3, -0.25) is 0 Å². The standard InChI is InChI=1S/C15H23NO3/c1-2-18-13-5-3-4-6-14(13)19-10-8-15(12-17)7-9-16-11-15/h3-6,16-17H,2,7-12H2,1H3. The molecule has 1 heterocycles. The summed E-state index contributed by atoms with van der Waals surface area (Å²) < 4.78 is 11.3. The Morgan fingerprint density at radius 3 is 2.58 bits per heavy atom. The Balaban J connectivity index is 1.88. The third-order valence-corrected chi connectivity index (χ3v) is 3.71. The molecular weight excluding hydrogens is 242 g/mol. The van der Waals surface area contributed by atoms with Gasteiger partial charge in [-0.05, 0) is 38.4 Å². The van der Waals surface area contributed by atoms with E-state index in [0.717, 1.165) is 37.4 Å². The number of rotatable bonds is 7. The highest BCUT2D eigenvalue weighted by Gasteiger charge is 2.32. The maximum absolute atomic E-state index is 9.53.